The molecule has 1 aromatic rings. The van der Waals surface area contributed by atoms with Crippen LogP contribution in [0.5, 0.6) is 5.75 Å². The Kier molecular flexibility index (Phi) is 4.32. The van der Waals surface area contributed by atoms with Crippen LogP contribution in [-0.4, -0.2) is 25.7 Å². The Balaban J connectivity index is 2.62. The molecule has 16 heavy (non-hydrogen) atoms. The van der Waals surface area contributed by atoms with Gasteiger partial charge in [-0.25, -0.2) is 9.59 Å². The fourth-order valence-electron chi connectivity index (χ4n) is 1.05. The van der Waals surface area contributed by atoms with Crippen molar-refractivity contribution < 1.29 is 19.1 Å². The van der Waals surface area contributed by atoms with E-state index >= 15 is 0 Å². The highest BCUT2D eigenvalue weighted by Crippen LogP contribution is 2.11. The molecular weight excluding hydrogens is 210 g/mol. The normalized spacial score (nSPS) is 9.38. The number of carbonyl (C=O) groups excluding carboxylic acids is 2. The van der Waals surface area contributed by atoms with Crippen molar-refractivity contribution in [2.45, 2.75) is 6.92 Å². The van der Waals surface area contributed by atoms with E-state index in [1.54, 1.807) is 19.1 Å². The Morgan fingerprint density at radius 3 is 2.38 bits per heavy atom. The summed E-state index contributed by atoms with van der Waals surface area (Å²) in [6, 6.07) is 6.30. The van der Waals surface area contributed by atoms with Crippen molar-refractivity contribution >= 4 is 12.1 Å². The second kappa shape index (κ2) is 5.75. The highest BCUT2D eigenvalue weighted by atomic mass is 16.6. The van der Waals surface area contributed by atoms with Crippen molar-refractivity contribution in [1.82, 2.24) is 5.32 Å². The number of alkyl carbamates (subject to hydrolysis) is 1. The molecule has 0 radical (unpaired) electrons. The molecule has 0 heterocycles. The predicted molar refractivity (Wildman–Crippen MR) is 57.5 cm³/mol. The van der Waals surface area contributed by atoms with Crippen LogP contribution in [-0.2, 0) is 4.74 Å². The van der Waals surface area contributed by atoms with Crippen molar-refractivity contribution in [1.29, 1.82) is 0 Å². The topological polar surface area (TPSA) is 64.6 Å². The molecule has 0 unspecified atom stereocenters. The summed E-state index contributed by atoms with van der Waals surface area (Å²) in [4.78, 5) is 22.4. The van der Waals surface area contributed by atoms with Crippen LogP contribution in [0.25, 0.3) is 0 Å². The van der Waals surface area contributed by atoms with Crippen LogP contribution in [0.4, 0.5) is 4.79 Å². The lowest BCUT2D eigenvalue weighted by Gasteiger charge is -2.04. The Morgan fingerprint density at radius 2 is 1.88 bits per heavy atom. The molecule has 0 aromatic heterocycles. The standard InChI is InChI=1S/C11H13NO4/c1-3-12-11(14)16-10(13)8-4-6-9(15-2)7-5-8/h4-7H,3H2,1-2H3,(H,12,14). The van der Waals surface area contributed by atoms with Crippen LogP contribution in [0.1, 0.15) is 17.3 Å². The molecule has 5 heteroatoms. The number of hydrogen-bond donors (Lipinski definition) is 1. The van der Waals surface area contributed by atoms with E-state index in [1.807, 2.05) is 0 Å². The zero-order valence-electron chi connectivity index (χ0n) is 9.15. The molecule has 0 fully saturated rings. The average molecular weight is 223 g/mol. The van der Waals surface area contributed by atoms with Crippen molar-refractivity contribution in [2.24, 2.45) is 0 Å². The van der Waals surface area contributed by atoms with Gasteiger partial charge in [0.1, 0.15) is 5.75 Å². The summed E-state index contributed by atoms with van der Waals surface area (Å²) < 4.78 is 9.46. The second-order valence-electron chi connectivity index (χ2n) is 2.94. The predicted octanol–water partition coefficient (Wildman–Crippen LogP) is 1.58. The number of hydrogen-bond acceptors (Lipinski definition) is 4. The van der Waals surface area contributed by atoms with Gasteiger partial charge in [-0.1, -0.05) is 0 Å². The number of rotatable bonds is 3. The molecule has 0 aliphatic rings. The first-order valence-corrected chi connectivity index (χ1v) is 4.81. The fraction of sp³-hybridized carbons (Fsp3) is 0.273. The number of esters is 1. The SMILES string of the molecule is CCNC(=O)OC(=O)c1ccc(OC)cc1. The van der Waals surface area contributed by atoms with Gasteiger partial charge in [0.15, 0.2) is 0 Å². The van der Waals surface area contributed by atoms with Crippen LogP contribution in [0.3, 0.4) is 0 Å². The van der Waals surface area contributed by atoms with Gasteiger partial charge in [0.05, 0.1) is 12.7 Å². The lowest BCUT2D eigenvalue weighted by atomic mass is 10.2. The van der Waals surface area contributed by atoms with Gasteiger partial charge in [-0.3, -0.25) is 0 Å². The van der Waals surface area contributed by atoms with Crippen LogP contribution < -0.4 is 10.1 Å². The monoisotopic (exact) mass is 223 g/mol. The third-order valence-corrected chi connectivity index (χ3v) is 1.83. The second-order valence-corrected chi connectivity index (χ2v) is 2.94. The summed E-state index contributed by atoms with van der Waals surface area (Å²) in [5, 5.41) is 2.36. The lowest BCUT2D eigenvalue weighted by molar-refractivity contribution is 0.0623. The molecule has 86 valence electrons. The van der Waals surface area contributed by atoms with Gasteiger partial charge in [0, 0.05) is 6.54 Å². The van der Waals surface area contributed by atoms with Crippen LogP contribution >= 0.6 is 0 Å². The average Bonchev–Trinajstić information content (AvgIpc) is 2.29. The van der Waals surface area contributed by atoms with Gasteiger partial charge in [0.25, 0.3) is 0 Å². The van der Waals surface area contributed by atoms with Crippen LogP contribution in [0, 0.1) is 0 Å². The largest absolute Gasteiger partial charge is 0.497 e. The van der Waals surface area contributed by atoms with Crippen molar-refractivity contribution in [3.63, 3.8) is 0 Å². The zero-order valence-corrected chi connectivity index (χ0v) is 9.15. The molecule has 0 saturated carbocycles. The van der Waals surface area contributed by atoms with E-state index in [9.17, 15) is 9.59 Å². The first kappa shape index (κ1) is 12.0. The van der Waals surface area contributed by atoms with E-state index in [-0.39, 0.29) is 0 Å². The van der Waals surface area contributed by atoms with Gasteiger partial charge < -0.3 is 14.8 Å². The number of nitrogens with one attached hydrogen (secondary N) is 1. The molecular formula is C11H13NO4. The number of methoxy groups -OCH3 is 1. The summed E-state index contributed by atoms with van der Waals surface area (Å²) in [6.07, 6.45) is -0.747. The Morgan fingerprint density at radius 1 is 1.25 bits per heavy atom. The number of amides is 1. The molecule has 1 amide bonds. The molecule has 0 saturated heterocycles. The third kappa shape index (κ3) is 3.27. The molecule has 0 atom stereocenters. The Hall–Kier alpha value is -2.04. The molecule has 0 aliphatic carbocycles. The Bertz CT molecular complexity index is 372. The Labute approximate surface area is 93.4 Å². The van der Waals surface area contributed by atoms with Crippen molar-refractivity contribution in [3.8, 4) is 5.75 Å². The van der Waals surface area contributed by atoms with Gasteiger partial charge in [-0.2, -0.15) is 0 Å². The molecule has 1 N–H and O–H groups in total. The maximum atomic E-state index is 11.4. The molecule has 5 nitrogen and oxygen atoms in total. The van der Waals surface area contributed by atoms with Crippen molar-refractivity contribution in [2.75, 3.05) is 13.7 Å². The highest BCUT2D eigenvalue weighted by Gasteiger charge is 2.11. The molecule has 1 rings (SSSR count). The molecule has 0 bridgehead atoms. The zero-order chi connectivity index (χ0) is 12.0. The first-order valence-electron chi connectivity index (χ1n) is 4.81. The van der Waals surface area contributed by atoms with E-state index in [2.05, 4.69) is 10.1 Å². The van der Waals surface area contributed by atoms with Gasteiger partial charge in [-0.05, 0) is 31.2 Å². The summed E-state index contributed by atoms with van der Waals surface area (Å²) >= 11 is 0. The van der Waals surface area contributed by atoms with Crippen molar-refractivity contribution in [3.05, 3.63) is 29.8 Å². The minimum Gasteiger partial charge on any atom is -0.497 e. The minimum absolute atomic E-state index is 0.298. The summed E-state index contributed by atoms with van der Waals surface area (Å²) in [6.45, 7) is 2.15. The number of ether oxygens (including phenoxy) is 2. The lowest BCUT2D eigenvalue weighted by Crippen LogP contribution is -2.26. The maximum absolute atomic E-state index is 11.4. The van der Waals surface area contributed by atoms with E-state index in [1.165, 1.54) is 19.2 Å². The molecule has 0 aliphatic heterocycles. The van der Waals surface area contributed by atoms with E-state index in [0.29, 0.717) is 17.9 Å². The first-order chi connectivity index (χ1) is 7.67. The summed E-state index contributed by atoms with van der Waals surface area (Å²) in [5.41, 5.74) is 0.298. The molecule has 0 spiro atoms. The van der Waals surface area contributed by atoms with Gasteiger partial charge in [0.2, 0.25) is 0 Å². The molecule has 1 aromatic carbocycles. The highest BCUT2D eigenvalue weighted by molar-refractivity contribution is 5.96. The van der Waals surface area contributed by atoms with Gasteiger partial charge >= 0.3 is 12.1 Å². The fourth-order valence-corrected chi connectivity index (χ4v) is 1.05. The van der Waals surface area contributed by atoms with E-state index < -0.39 is 12.1 Å². The minimum atomic E-state index is -0.747. The summed E-state index contributed by atoms with van der Waals surface area (Å²) in [7, 11) is 1.53. The number of benzene rings is 1. The summed E-state index contributed by atoms with van der Waals surface area (Å²) in [5.74, 6) is -0.0526. The van der Waals surface area contributed by atoms with E-state index in [0.717, 1.165) is 0 Å². The quantitative estimate of drug-likeness (QED) is 0.624. The third-order valence-electron chi connectivity index (χ3n) is 1.83. The smallest absolute Gasteiger partial charge is 0.415 e. The maximum Gasteiger partial charge on any atom is 0.415 e. The van der Waals surface area contributed by atoms with Crippen LogP contribution in [0.15, 0.2) is 24.3 Å². The van der Waals surface area contributed by atoms with Gasteiger partial charge in [-0.15, -0.1) is 0 Å². The number of carbonyl (C=O) groups is 2. The van der Waals surface area contributed by atoms with E-state index in [4.69, 9.17) is 4.74 Å². The van der Waals surface area contributed by atoms with Crippen LogP contribution in [0.2, 0.25) is 0 Å².